The minimum atomic E-state index is 0.0847. The van der Waals surface area contributed by atoms with Gasteiger partial charge in [-0.15, -0.1) is 0 Å². The van der Waals surface area contributed by atoms with Crippen molar-refractivity contribution < 1.29 is 4.48 Å². The molecule has 0 spiro atoms. The number of likely N-dealkylation sites (N-methyl/N-ethyl adjacent to an activating group) is 1. The van der Waals surface area contributed by atoms with Crippen LogP contribution in [0.4, 0.5) is 0 Å². The summed E-state index contributed by atoms with van der Waals surface area (Å²) < 4.78 is 0.894. The molecule has 0 aliphatic heterocycles. The molecule has 1 rings (SSSR count). The highest BCUT2D eigenvalue weighted by molar-refractivity contribution is 5.18. The fourth-order valence-electron chi connectivity index (χ4n) is 1.59. The van der Waals surface area contributed by atoms with E-state index in [9.17, 15) is 0 Å². The number of hydrogen-bond acceptors (Lipinski definition) is 0. The van der Waals surface area contributed by atoms with Crippen molar-refractivity contribution >= 4 is 0 Å². The Labute approximate surface area is 93.6 Å². The highest BCUT2D eigenvalue weighted by atomic mass is 15.3. The fraction of sp³-hybridized carbons (Fsp3) is 0.429. The average molecular weight is 204 g/mol. The first kappa shape index (κ1) is 12.0. The summed E-state index contributed by atoms with van der Waals surface area (Å²) in [5.74, 6) is 0. The molecular weight excluding hydrogens is 182 g/mol. The smallest absolute Gasteiger partial charge is 0.118 e. The average Bonchev–Trinajstić information content (AvgIpc) is 2.17. The Morgan fingerprint density at radius 1 is 1.20 bits per heavy atom. The van der Waals surface area contributed by atoms with Crippen molar-refractivity contribution in [3.8, 4) is 0 Å². The van der Waals surface area contributed by atoms with Gasteiger partial charge in [0.25, 0.3) is 0 Å². The van der Waals surface area contributed by atoms with Crippen LogP contribution in [0.15, 0.2) is 43.0 Å². The molecule has 0 fully saturated rings. The van der Waals surface area contributed by atoms with E-state index in [-0.39, 0.29) is 5.54 Å². The Balaban J connectivity index is 2.92. The Morgan fingerprint density at radius 2 is 1.73 bits per heavy atom. The van der Waals surface area contributed by atoms with E-state index in [1.54, 1.807) is 0 Å². The maximum atomic E-state index is 3.98. The van der Waals surface area contributed by atoms with Crippen molar-refractivity contribution in [2.45, 2.75) is 18.9 Å². The van der Waals surface area contributed by atoms with Gasteiger partial charge in [-0.05, 0) is 18.6 Å². The minimum Gasteiger partial charge on any atom is -0.323 e. The molecule has 1 heteroatoms. The third-order valence-electron chi connectivity index (χ3n) is 3.38. The first-order chi connectivity index (χ1) is 6.89. The molecule has 1 atom stereocenters. The van der Waals surface area contributed by atoms with Gasteiger partial charge < -0.3 is 4.48 Å². The molecule has 1 aromatic carbocycles. The molecule has 0 amide bonds. The Hall–Kier alpha value is -1.08. The lowest BCUT2D eigenvalue weighted by Crippen LogP contribution is -2.55. The third kappa shape index (κ3) is 2.69. The van der Waals surface area contributed by atoms with Crippen LogP contribution in [0.2, 0.25) is 0 Å². The van der Waals surface area contributed by atoms with Gasteiger partial charge in [0.05, 0.1) is 21.1 Å². The van der Waals surface area contributed by atoms with E-state index >= 15 is 0 Å². The van der Waals surface area contributed by atoms with Crippen LogP contribution in [0, 0.1) is 0 Å². The molecule has 0 aliphatic rings. The molecule has 0 heterocycles. The molecule has 15 heavy (non-hydrogen) atoms. The standard InChI is InChI=1S/C14H22N/c1-6-14(2,15(3,4)5)12-13-10-8-7-9-11-13/h6-11H,1,12H2,2-5H3/q+1. The van der Waals surface area contributed by atoms with Gasteiger partial charge in [-0.25, -0.2) is 0 Å². The summed E-state index contributed by atoms with van der Waals surface area (Å²) in [6.45, 7) is 6.24. The molecule has 82 valence electrons. The van der Waals surface area contributed by atoms with Crippen LogP contribution in [0.5, 0.6) is 0 Å². The second-order valence-corrected chi connectivity index (χ2v) is 5.24. The van der Waals surface area contributed by atoms with Gasteiger partial charge in [0.2, 0.25) is 0 Å². The van der Waals surface area contributed by atoms with Crippen molar-refractivity contribution in [2.75, 3.05) is 21.1 Å². The number of rotatable bonds is 4. The van der Waals surface area contributed by atoms with E-state index in [2.05, 4.69) is 71.1 Å². The van der Waals surface area contributed by atoms with E-state index in [0.29, 0.717) is 0 Å². The Morgan fingerprint density at radius 3 is 2.13 bits per heavy atom. The lowest BCUT2D eigenvalue weighted by atomic mass is 9.90. The van der Waals surface area contributed by atoms with Crippen molar-refractivity contribution in [3.05, 3.63) is 48.6 Å². The largest absolute Gasteiger partial charge is 0.323 e. The van der Waals surface area contributed by atoms with Crippen LogP contribution >= 0.6 is 0 Å². The van der Waals surface area contributed by atoms with Crippen molar-refractivity contribution in [1.29, 1.82) is 0 Å². The summed E-state index contributed by atoms with van der Waals surface area (Å²) in [6, 6.07) is 10.6. The summed E-state index contributed by atoms with van der Waals surface area (Å²) in [4.78, 5) is 0. The zero-order chi connectivity index (χ0) is 11.5. The first-order valence-electron chi connectivity index (χ1n) is 5.38. The van der Waals surface area contributed by atoms with Gasteiger partial charge in [0.15, 0.2) is 0 Å². The van der Waals surface area contributed by atoms with Crippen LogP contribution < -0.4 is 0 Å². The third-order valence-corrected chi connectivity index (χ3v) is 3.38. The van der Waals surface area contributed by atoms with Crippen LogP contribution in [0.25, 0.3) is 0 Å². The van der Waals surface area contributed by atoms with Crippen molar-refractivity contribution in [2.24, 2.45) is 0 Å². The van der Waals surface area contributed by atoms with Crippen LogP contribution in [-0.4, -0.2) is 31.2 Å². The zero-order valence-electron chi connectivity index (χ0n) is 10.3. The zero-order valence-corrected chi connectivity index (χ0v) is 10.3. The number of nitrogens with zero attached hydrogens (tertiary/aromatic N) is 1. The maximum Gasteiger partial charge on any atom is 0.118 e. The Bertz CT molecular complexity index is 321. The SMILES string of the molecule is C=CC(C)(Cc1ccccc1)[N+](C)(C)C. The van der Waals surface area contributed by atoms with E-state index in [1.165, 1.54) is 5.56 Å². The molecule has 0 radical (unpaired) electrons. The lowest BCUT2D eigenvalue weighted by molar-refractivity contribution is -0.913. The summed E-state index contributed by atoms with van der Waals surface area (Å²) in [5.41, 5.74) is 1.45. The lowest BCUT2D eigenvalue weighted by Gasteiger charge is -2.42. The number of benzene rings is 1. The quantitative estimate of drug-likeness (QED) is 0.522. The first-order valence-corrected chi connectivity index (χ1v) is 5.38. The molecule has 0 N–H and O–H groups in total. The molecule has 0 saturated carbocycles. The summed E-state index contributed by atoms with van der Waals surface area (Å²) in [5, 5.41) is 0. The topological polar surface area (TPSA) is 0 Å². The van der Waals surface area contributed by atoms with Crippen LogP contribution in [0.1, 0.15) is 12.5 Å². The van der Waals surface area contributed by atoms with E-state index in [4.69, 9.17) is 0 Å². The number of quaternary nitrogens is 1. The van der Waals surface area contributed by atoms with E-state index in [1.807, 2.05) is 0 Å². The summed E-state index contributed by atoms with van der Waals surface area (Å²) in [7, 11) is 6.64. The summed E-state index contributed by atoms with van der Waals surface area (Å²) >= 11 is 0. The van der Waals surface area contributed by atoms with Gasteiger partial charge in [-0.1, -0.05) is 36.9 Å². The molecule has 0 aromatic heterocycles. The second kappa shape index (κ2) is 4.19. The number of hydrogen-bond donors (Lipinski definition) is 0. The Kier molecular flexibility index (Phi) is 3.35. The van der Waals surface area contributed by atoms with E-state index < -0.39 is 0 Å². The van der Waals surface area contributed by atoms with Gasteiger partial charge in [0.1, 0.15) is 5.54 Å². The second-order valence-electron chi connectivity index (χ2n) is 5.24. The fourth-order valence-corrected chi connectivity index (χ4v) is 1.59. The molecule has 1 unspecified atom stereocenters. The molecule has 1 nitrogen and oxygen atoms in total. The normalized spacial score (nSPS) is 15.7. The van der Waals surface area contributed by atoms with Crippen molar-refractivity contribution in [3.63, 3.8) is 0 Å². The predicted molar refractivity (Wildman–Crippen MR) is 66.8 cm³/mol. The molecular formula is C14H22N+. The maximum absolute atomic E-state index is 3.98. The van der Waals surface area contributed by atoms with Crippen LogP contribution in [-0.2, 0) is 6.42 Å². The highest BCUT2D eigenvalue weighted by Gasteiger charge is 2.34. The predicted octanol–water partition coefficient (Wildman–Crippen LogP) is 2.88. The minimum absolute atomic E-state index is 0.0847. The molecule has 0 aliphatic carbocycles. The molecule has 0 saturated heterocycles. The van der Waals surface area contributed by atoms with E-state index in [0.717, 1.165) is 10.9 Å². The highest BCUT2D eigenvalue weighted by Crippen LogP contribution is 2.24. The van der Waals surface area contributed by atoms with Gasteiger partial charge >= 0.3 is 0 Å². The van der Waals surface area contributed by atoms with Gasteiger partial charge in [-0.3, -0.25) is 0 Å². The van der Waals surface area contributed by atoms with Crippen LogP contribution in [0.3, 0.4) is 0 Å². The monoisotopic (exact) mass is 204 g/mol. The summed E-state index contributed by atoms with van der Waals surface area (Å²) in [6.07, 6.45) is 3.10. The molecule has 0 bridgehead atoms. The van der Waals surface area contributed by atoms with Crippen molar-refractivity contribution in [1.82, 2.24) is 0 Å². The molecule has 1 aromatic rings. The van der Waals surface area contributed by atoms with Gasteiger partial charge in [-0.2, -0.15) is 0 Å². The van der Waals surface area contributed by atoms with Gasteiger partial charge in [0, 0.05) is 6.42 Å².